The van der Waals surface area contributed by atoms with Crippen LogP contribution in [-0.4, -0.2) is 35.6 Å². The minimum atomic E-state index is 0.480. The minimum absolute atomic E-state index is 0.480. The summed E-state index contributed by atoms with van der Waals surface area (Å²) in [5.41, 5.74) is 6.55. The summed E-state index contributed by atoms with van der Waals surface area (Å²) in [5.74, 6) is 1.53. The Balaban J connectivity index is 1.74. The van der Waals surface area contributed by atoms with Crippen LogP contribution in [0.2, 0.25) is 5.02 Å². The number of halogens is 1. The Kier molecular flexibility index (Phi) is 2.84. The van der Waals surface area contributed by atoms with E-state index in [-0.39, 0.29) is 0 Å². The van der Waals surface area contributed by atoms with Gasteiger partial charge in [0.05, 0.1) is 10.7 Å². The number of hydrogen-bond donors (Lipinski definition) is 2. The molecule has 1 aromatic rings. The van der Waals surface area contributed by atoms with Crippen LogP contribution in [0.15, 0.2) is 12.3 Å². The molecule has 3 aliphatic rings. The van der Waals surface area contributed by atoms with Crippen LogP contribution < -0.4 is 11.1 Å². The van der Waals surface area contributed by atoms with Crippen LogP contribution in [0.1, 0.15) is 12.8 Å². The van der Waals surface area contributed by atoms with E-state index >= 15 is 0 Å². The van der Waals surface area contributed by atoms with Gasteiger partial charge in [-0.05, 0) is 37.9 Å². The highest BCUT2D eigenvalue weighted by Crippen LogP contribution is 2.30. The normalized spacial score (nSPS) is 31.5. The van der Waals surface area contributed by atoms with Gasteiger partial charge in [0.1, 0.15) is 5.82 Å². The Hall–Kier alpha value is -1.00. The van der Waals surface area contributed by atoms with Crippen LogP contribution in [0.25, 0.3) is 0 Å². The third-order valence-electron chi connectivity index (χ3n) is 3.86. The number of hydrogen-bond acceptors (Lipinski definition) is 4. The van der Waals surface area contributed by atoms with Gasteiger partial charge in [-0.2, -0.15) is 0 Å². The maximum Gasteiger partial charge on any atom is 0.149 e. The molecule has 1 unspecified atom stereocenters. The zero-order chi connectivity index (χ0) is 11.8. The molecule has 0 saturated carbocycles. The van der Waals surface area contributed by atoms with E-state index in [2.05, 4.69) is 15.2 Å². The van der Waals surface area contributed by atoms with Crippen LogP contribution >= 0.6 is 11.6 Å². The van der Waals surface area contributed by atoms with Gasteiger partial charge in [0.25, 0.3) is 0 Å². The first-order valence-electron chi connectivity index (χ1n) is 6.12. The summed E-state index contributed by atoms with van der Waals surface area (Å²) in [6.45, 7) is 3.59. The second kappa shape index (κ2) is 4.35. The van der Waals surface area contributed by atoms with Crippen LogP contribution in [0, 0.1) is 5.92 Å². The quantitative estimate of drug-likeness (QED) is 0.843. The zero-order valence-electron chi connectivity index (χ0n) is 9.69. The van der Waals surface area contributed by atoms with E-state index in [1.54, 1.807) is 12.3 Å². The lowest BCUT2D eigenvalue weighted by atomic mass is 9.84. The lowest BCUT2D eigenvalue weighted by molar-refractivity contribution is 0.0974. The molecule has 2 bridgehead atoms. The average Bonchev–Trinajstić information content (AvgIpc) is 2.34. The van der Waals surface area contributed by atoms with Gasteiger partial charge in [-0.3, -0.25) is 0 Å². The number of piperidine rings is 3. The molecule has 0 amide bonds. The predicted octanol–water partition coefficient (Wildman–Crippen LogP) is 1.82. The van der Waals surface area contributed by atoms with Gasteiger partial charge in [0, 0.05) is 18.8 Å². The second-order valence-electron chi connectivity index (χ2n) is 4.98. The Morgan fingerprint density at radius 2 is 2.18 bits per heavy atom. The molecule has 0 radical (unpaired) electrons. The van der Waals surface area contributed by atoms with Crippen molar-refractivity contribution in [3.8, 4) is 0 Å². The summed E-state index contributed by atoms with van der Waals surface area (Å²) in [4.78, 5) is 6.77. The highest BCUT2D eigenvalue weighted by molar-refractivity contribution is 6.30. The van der Waals surface area contributed by atoms with Crippen molar-refractivity contribution < 1.29 is 0 Å². The van der Waals surface area contributed by atoms with E-state index in [0.29, 0.717) is 16.8 Å². The first-order valence-corrected chi connectivity index (χ1v) is 6.50. The fourth-order valence-electron chi connectivity index (χ4n) is 2.88. The lowest BCUT2D eigenvalue weighted by Crippen LogP contribution is -2.53. The highest BCUT2D eigenvalue weighted by Gasteiger charge is 2.34. The van der Waals surface area contributed by atoms with Crippen LogP contribution in [0.4, 0.5) is 11.5 Å². The van der Waals surface area contributed by atoms with Gasteiger partial charge in [-0.25, -0.2) is 4.98 Å². The summed E-state index contributed by atoms with van der Waals surface area (Å²) in [5, 5.41) is 4.06. The number of nitrogen functional groups attached to an aromatic ring is 1. The van der Waals surface area contributed by atoms with Crippen molar-refractivity contribution >= 4 is 23.1 Å². The van der Waals surface area contributed by atoms with Crippen LogP contribution in [-0.2, 0) is 0 Å². The average molecular weight is 253 g/mol. The molecule has 4 nitrogen and oxygen atoms in total. The number of pyridine rings is 1. The number of nitrogens with zero attached hydrogens (tertiary/aromatic N) is 2. The topological polar surface area (TPSA) is 54.2 Å². The van der Waals surface area contributed by atoms with Crippen molar-refractivity contribution in [1.29, 1.82) is 0 Å². The maximum atomic E-state index is 5.91. The van der Waals surface area contributed by atoms with E-state index in [0.717, 1.165) is 18.3 Å². The molecule has 0 aliphatic carbocycles. The zero-order valence-corrected chi connectivity index (χ0v) is 10.5. The minimum Gasteiger partial charge on any atom is -0.396 e. The van der Waals surface area contributed by atoms with E-state index in [1.807, 2.05) is 0 Å². The summed E-state index contributed by atoms with van der Waals surface area (Å²) >= 11 is 5.84. The molecule has 3 fully saturated rings. The standard InChI is InChI=1S/C12H17ClN4/c13-9-5-10(14)12(15-6-9)16-11-7-17-3-1-8(11)2-4-17/h5-6,8,11H,1-4,7,14H2,(H,15,16). The molecule has 17 heavy (non-hydrogen) atoms. The smallest absolute Gasteiger partial charge is 0.149 e. The Morgan fingerprint density at radius 1 is 1.41 bits per heavy atom. The first-order chi connectivity index (χ1) is 8.22. The van der Waals surface area contributed by atoms with E-state index in [9.17, 15) is 0 Å². The SMILES string of the molecule is Nc1cc(Cl)cnc1NC1CN2CCC1CC2. The van der Waals surface area contributed by atoms with Crippen molar-refractivity contribution in [3.63, 3.8) is 0 Å². The Labute approximate surface area is 106 Å². The molecule has 5 heteroatoms. The molecule has 1 atom stereocenters. The fraction of sp³-hybridized carbons (Fsp3) is 0.583. The number of nitrogens with two attached hydrogens (primary N) is 1. The summed E-state index contributed by atoms with van der Waals surface area (Å²) < 4.78 is 0. The van der Waals surface area contributed by atoms with Gasteiger partial charge in [0.2, 0.25) is 0 Å². The summed E-state index contributed by atoms with van der Waals surface area (Å²) in [6, 6.07) is 2.23. The monoisotopic (exact) mass is 252 g/mol. The molecule has 3 aliphatic heterocycles. The van der Waals surface area contributed by atoms with Crippen molar-refractivity contribution in [2.75, 3.05) is 30.7 Å². The summed E-state index contributed by atoms with van der Waals surface area (Å²) in [7, 11) is 0. The summed E-state index contributed by atoms with van der Waals surface area (Å²) in [6.07, 6.45) is 4.21. The largest absolute Gasteiger partial charge is 0.396 e. The fourth-order valence-corrected chi connectivity index (χ4v) is 3.05. The molecular weight excluding hydrogens is 236 g/mol. The molecule has 3 saturated heterocycles. The van der Waals surface area contributed by atoms with Crippen molar-refractivity contribution in [1.82, 2.24) is 9.88 Å². The Bertz CT molecular complexity index is 415. The van der Waals surface area contributed by atoms with Gasteiger partial charge in [0.15, 0.2) is 0 Å². The third-order valence-corrected chi connectivity index (χ3v) is 4.07. The van der Waals surface area contributed by atoms with E-state index < -0.39 is 0 Å². The molecule has 3 N–H and O–H groups in total. The first kappa shape index (κ1) is 11.1. The van der Waals surface area contributed by atoms with Crippen LogP contribution in [0.5, 0.6) is 0 Å². The number of fused-ring (bicyclic) bond motifs is 3. The number of nitrogens with one attached hydrogen (secondary N) is 1. The molecule has 0 spiro atoms. The van der Waals surface area contributed by atoms with Gasteiger partial charge >= 0.3 is 0 Å². The molecule has 92 valence electrons. The van der Waals surface area contributed by atoms with Gasteiger partial charge < -0.3 is 16.0 Å². The number of rotatable bonds is 2. The van der Waals surface area contributed by atoms with Gasteiger partial charge in [-0.15, -0.1) is 0 Å². The molecule has 4 rings (SSSR count). The van der Waals surface area contributed by atoms with Crippen molar-refractivity contribution in [2.45, 2.75) is 18.9 Å². The molecule has 4 heterocycles. The number of aromatic nitrogens is 1. The molecular formula is C12H17ClN4. The second-order valence-corrected chi connectivity index (χ2v) is 5.42. The highest BCUT2D eigenvalue weighted by atomic mass is 35.5. The van der Waals surface area contributed by atoms with Crippen molar-refractivity contribution in [3.05, 3.63) is 17.3 Å². The maximum absolute atomic E-state index is 5.91. The molecule has 1 aromatic heterocycles. The van der Waals surface area contributed by atoms with Gasteiger partial charge in [-0.1, -0.05) is 11.6 Å². The third kappa shape index (κ3) is 2.19. The van der Waals surface area contributed by atoms with E-state index in [1.165, 1.54) is 25.9 Å². The lowest BCUT2D eigenvalue weighted by Gasteiger charge is -2.45. The van der Waals surface area contributed by atoms with E-state index in [4.69, 9.17) is 17.3 Å². The van der Waals surface area contributed by atoms with Crippen molar-refractivity contribution in [2.24, 2.45) is 5.92 Å². The predicted molar refractivity (Wildman–Crippen MR) is 70.2 cm³/mol. The Morgan fingerprint density at radius 3 is 2.76 bits per heavy atom. The molecule has 0 aromatic carbocycles. The van der Waals surface area contributed by atoms with Crippen LogP contribution in [0.3, 0.4) is 0 Å². The number of anilines is 2.